The lowest BCUT2D eigenvalue weighted by atomic mass is 10.2. The van der Waals surface area contributed by atoms with E-state index in [-0.39, 0.29) is 6.10 Å². The Morgan fingerprint density at radius 3 is 2.56 bits per heavy atom. The van der Waals surface area contributed by atoms with Crippen molar-refractivity contribution < 1.29 is 4.74 Å². The van der Waals surface area contributed by atoms with E-state index in [0.717, 1.165) is 23.3 Å². The van der Waals surface area contributed by atoms with Crippen LogP contribution in [0.5, 0.6) is 5.75 Å². The summed E-state index contributed by atoms with van der Waals surface area (Å²) in [5.74, 6) is 0.992. The second kappa shape index (κ2) is 5.09. The molecule has 0 spiro atoms. The standard InChI is InChI=1S/C13H18BrNO/c1-10(2)16-13-9-11(14)5-6-12(13)15-7-3-4-8-15/h5-6,9-10H,3-4,7-8H2,1-2H3. The molecule has 0 saturated carbocycles. The van der Waals surface area contributed by atoms with Crippen LogP contribution in [0.4, 0.5) is 5.69 Å². The number of anilines is 1. The maximum Gasteiger partial charge on any atom is 0.144 e. The van der Waals surface area contributed by atoms with Crippen molar-refractivity contribution in [3.8, 4) is 5.75 Å². The highest BCUT2D eigenvalue weighted by Crippen LogP contribution is 2.34. The molecule has 0 atom stereocenters. The van der Waals surface area contributed by atoms with Gasteiger partial charge < -0.3 is 9.64 Å². The number of rotatable bonds is 3. The third-order valence-electron chi connectivity index (χ3n) is 2.73. The molecule has 0 aliphatic carbocycles. The molecule has 16 heavy (non-hydrogen) atoms. The van der Waals surface area contributed by atoms with Crippen molar-refractivity contribution >= 4 is 21.6 Å². The fraction of sp³-hybridized carbons (Fsp3) is 0.538. The fourth-order valence-corrected chi connectivity index (χ4v) is 2.40. The van der Waals surface area contributed by atoms with Gasteiger partial charge in [-0.2, -0.15) is 0 Å². The lowest BCUT2D eigenvalue weighted by Gasteiger charge is -2.22. The molecule has 2 rings (SSSR count). The Balaban J connectivity index is 2.27. The summed E-state index contributed by atoms with van der Waals surface area (Å²) in [5.41, 5.74) is 1.23. The quantitative estimate of drug-likeness (QED) is 0.836. The van der Waals surface area contributed by atoms with Crippen LogP contribution in [0.1, 0.15) is 26.7 Å². The van der Waals surface area contributed by atoms with Crippen molar-refractivity contribution in [1.82, 2.24) is 0 Å². The number of hydrogen-bond donors (Lipinski definition) is 0. The molecule has 1 saturated heterocycles. The smallest absolute Gasteiger partial charge is 0.144 e. The summed E-state index contributed by atoms with van der Waals surface area (Å²) >= 11 is 3.50. The summed E-state index contributed by atoms with van der Waals surface area (Å²) in [6.07, 6.45) is 2.80. The van der Waals surface area contributed by atoms with Crippen LogP contribution in [0.2, 0.25) is 0 Å². The van der Waals surface area contributed by atoms with Crippen LogP contribution in [0.3, 0.4) is 0 Å². The SMILES string of the molecule is CC(C)Oc1cc(Br)ccc1N1CCCC1. The van der Waals surface area contributed by atoms with Gasteiger partial charge in [-0.05, 0) is 44.9 Å². The van der Waals surface area contributed by atoms with Gasteiger partial charge in [0.25, 0.3) is 0 Å². The second-order valence-electron chi connectivity index (χ2n) is 4.47. The molecule has 1 aliphatic rings. The molecular weight excluding hydrogens is 266 g/mol. The Morgan fingerprint density at radius 2 is 1.94 bits per heavy atom. The molecule has 0 amide bonds. The molecule has 88 valence electrons. The van der Waals surface area contributed by atoms with Gasteiger partial charge in [-0.3, -0.25) is 0 Å². The summed E-state index contributed by atoms with van der Waals surface area (Å²) in [6, 6.07) is 6.29. The first-order chi connectivity index (χ1) is 7.66. The molecule has 3 heteroatoms. The fourth-order valence-electron chi connectivity index (χ4n) is 2.06. The molecule has 0 aromatic heterocycles. The van der Waals surface area contributed by atoms with Crippen molar-refractivity contribution in [3.05, 3.63) is 22.7 Å². The van der Waals surface area contributed by atoms with E-state index in [1.54, 1.807) is 0 Å². The predicted octanol–water partition coefficient (Wildman–Crippen LogP) is 3.84. The first kappa shape index (κ1) is 11.8. The number of benzene rings is 1. The van der Waals surface area contributed by atoms with E-state index >= 15 is 0 Å². The van der Waals surface area contributed by atoms with Gasteiger partial charge >= 0.3 is 0 Å². The van der Waals surface area contributed by atoms with E-state index in [9.17, 15) is 0 Å². The Labute approximate surface area is 106 Å². The summed E-state index contributed by atoms with van der Waals surface area (Å²) in [7, 11) is 0. The molecule has 0 N–H and O–H groups in total. The summed E-state index contributed by atoms with van der Waals surface area (Å²) in [5, 5.41) is 0. The Kier molecular flexibility index (Phi) is 3.74. The predicted molar refractivity (Wildman–Crippen MR) is 71.4 cm³/mol. The molecule has 2 nitrogen and oxygen atoms in total. The third kappa shape index (κ3) is 2.70. The van der Waals surface area contributed by atoms with Crippen LogP contribution in [-0.4, -0.2) is 19.2 Å². The zero-order chi connectivity index (χ0) is 11.5. The minimum absolute atomic E-state index is 0.218. The van der Waals surface area contributed by atoms with Crippen LogP contribution in [-0.2, 0) is 0 Å². The number of ether oxygens (including phenoxy) is 1. The number of hydrogen-bond acceptors (Lipinski definition) is 2. The second-order valence-corrected chi connectivity index (χ2v) is 5.39. The minimum Gasteiger partial charge on any atom is -0.489 e. The highest BCUT2D eigenvalue weighted by Gasteiger charge is 2.17. The summed E-state index contributed by atoms with van der Waals surface area (Å²) in [6.45, 7) is 6.43. The minimum atomic E-state index is 0.218. The highest BCUT2D eigenvalue weighted by molar-refractivity contribution is 9.10. The molecule has 1 aliphatic heterocycles. The zero-order valence-corrected chi connectivity index (χ0v) is 11.5. The lowest BCUT2D eigenvalue weighted by Crippen LogP contribution is -2.19. The van der Waals surface area contributed by atoms with Crippen LogP contribution >= 0.6 is 15.9 Å². The lowest BCUT2D eigenvalue weighted by molar-refractivity contribution is 0.243. The van der Waals surface area contributed by atoms with Gasteiger partial charge in [-0.15, -0.1) is 0 Å². The van der Waals surface area contributed by atoms with E-state index in [4.69, 9.17) is 4.74 Å². The maximum absolute atomic E-state index is 5.87. The Bertz CT molecular complexity index is 359. The largest absolute Gasteiger partial charge is 0.489 e. The normalized spacial score (nSPS) is 15.9. The van der Waals surface area contributed by atoms with Gasteiger partial charge in [0.1, 0.15) is 5.75 Å². The molecule has 1 heterocycles. The van der Waals surface area contributed by atoms with Gasteiger partial charge in [0.05, 0.1) is 11.8 Å². The topological polar surface area (TPSA) is 12.5 Å². The van der Waals surface area contributed by atoms with Crippen molar-refractivity contribution in [2.45, 2.75) is 32.8 Å². The van der Waals surface area contributed by atoms with E-state index < -0.39 is 0 Å². The van der Waals surface area contributed by atoms with Crippen LogP contribution in [0, 0.1) is 0 Å². The molecule has 1 aromatic rings. The molecule has 1 fully saturated rings. The first-order valence-corrected chi connectivity index (χ1v) is 6.67. The van der Waals surface area contributed by atoms with Crippen molar-refractivity contribution in [1.29, 1.82) is 0 Å². The molecule has 0 bridgehead atoms. The van der Waals surface area contributed by atoms with E-state index in [2.05, 4.69) is 52.9 Å². The Morgan fingerprint density at radius 1 is 1.25 bits per heavy atom. The monoisotopic (exact) mass is 283 g/mol. The van der Waals surface area contributed by atoms with Gasteiger partial charge in [-0.25, -0.2) is 0 Å². The average Bonchev–Trinajstić information content (AvgIpc) is 2.69. The molecule has 0 radical (unpaired) electrons. The van der Waals surface area contributed by atoms with Crippen molar-refractivity contribution in [2.75, 3.05) is 18.0 Å². The van der Waals surface area contributed by atoms with E-state index in [1.807, 2.05) is 0 Å². The molecular formula is C13H18BrNO. The van der Waals surface area contributed by atoms with E-state index in [0.29, 0.717) is 0 Å². The first-order valence-electron chi connectivity index (χ1n) is 5.88. The van der Waals surface area contributed by atoms with Gasteiger partial charge in [0.2, 0.25) is 0 Å². The van der Waals surface area contributed by atoms with Gasteiger partial charge in [-0.1, -0.05) is 15.9 Å². The third-order valence-corrected chi connectivity index (χ3v) is 3.22. The number of halogens is 1. The summed E-state index contributed by atoms with van der Waals surface area (Å²) < 4.78 is 6.94. The van der Waals surface area contributed by atoms with Crippen molar-refractivity contribution in [3.63, 3.8) is 0 Å². The average molecular weight is 284 g/mol. The van der Waals surface area contributed by atoms with Gasteiger partial charge in [0, 0.05) is 17.6 Å². The zero-order valence-electron chi connectivity index (χ0n) is 9.87. The molecule has 1 aromatic carbocycles. The van der Waals surface area contributed by atoms with E-state index in [1.165, 1.54) is 18.5 Å². The molecule has 0 unspecified atom stereocenters. The van der Waals surface area contributed by atoms with Crippen LogP contribution in [0.25, 0.3) is 0 Å². The summed E-state index contributed by atoms with van der Waals surface area (Å²) in [4.78, 5) is 2.41. The van der Waals surface area contributed by atoms with Gasteiger partial charge in [0.15, 0.2) is 0 Å². The number of nitrogens with zero attached hydrogens (tertiary/aromatic N) is 1. The highest BCUT2D eigenvalue weighted by atomic mass is 79.9. The van der Waals surface area contributed by atoms with Crippen LogP contribution in [0.15, 0.2) is 22.7 Å². The maximum atomic E-state index is 5.87. The van der Waals surface area contributed by atoms with Crippen molar-refractivity contribution in [2.24, 2.45) is 0 Å². The Hall–Kier alpha value is -0.700. The van der Waals surface area contributed by atoms with Crippen LogP contribution < -0.4 is 9.64 Å².